The number of piperidine rings is 1. The number of halogens is 2. The summed E-state index contributed by atoms with van der Waals surface area (Å²) in [6.45, 7) is 6.18. The Labute approximate surface area is 115 Å². The molecule has 4 nitrogen and oxygen atoms in total. The van der Waals surface area contributed by atoms with E-state index in [-0.39, 0.29) is 24.8 Å². The first-order valence-electron chi connectivity index (χ1n) is 5.71. The maximum atomic E-state index is 5.67. The van der Waals surface area contributed by atoms with Gasteiger partial charge < -0.3 is 5.73 Å². The molecule has 0 aromatic carbocycles. The lowest BCUT2D eigenvalue weighted by molar-refractivity contribution is 0.178. The molecule has 1 fully saturated rings. The molecule has 0 radical (unpaired) electrons. The quantitative estimate of drug-likeness (QED) is 0.887. The third-order valence-corrected chi connectivity index (χ3v) is 3.19. The number of nitrogens with two attached hydrogens (primary N) is 1. The molecule has 1 aromatic heterocycles. The Bertz CT molecular complexity index is 308. The van der Waals surface area contributed by atoms with Gasteiger partial charge in [-0.05, 0) is 51.4 Å². The summed E-state index contributed by atoms with van der Waals surface area (Å²) in [4.78, 5) is 2.46. The van der Waals surface area contributed by atoms with Crippen LogP contribution < -0.4 is 5.73 Å². The second-order valence-electron chi connectivity index (χ2n) is 4.50. The monoisotopic (exact) mass is 280 g/mol. The van der Waals surface area contributed by atoms with E-state index in [0.29, 0.717) is 0 Å². The highest BCUT2D eigenvalue weighted by Crippen LogP contribution is 2.17. The largest absolute Gasteiger partial charge is 0.330 e. The molecule has 2 heterocycles. The molecule has 0 unspecified atom stereocenters. The number of aryl methyl sites for hydroxylation is 1. The number of hydrogen-bond donors (Lipinski definition) is 2. The van der Waals surface area contributed by atoms with Crippen LogP contribution >= 0.6 is 24.8 Å². The van der Waals surface area contributed by atoms with Crippen LogP contribution in [0.1, 0.15) is 24.2 Å². The van der Waals surface area contributed by atoms with Crippen molar-refractivity contribution >= 4 is 24.8 Å². The zero-order valence-corrected chi connectivity index (χ0v) is 11.8. The van der Waals surface area contributed by atoms with E-state index < -0.39 is 0 Å². The number of aromatic amines is 1. The van der Waals surface area contributed by atoms with Gasteiger partial charge in [-0.25, -0.2) is 0 Å². The third-order valence-electron chi connectivity index (χ3n) is 3.19. The lowest BCUT2D eigenvalue weighted by Gasteiger charge is -2.30. The minimum atomic E-state index is 0. The van der Waals surface area contributed by atoms with Crippen molar-refractivity contribution in [3.63, 3.8) is 0 Å². The van der Waals surface area contributed by atoms with Crippen molar-refractivity contribution < 1.29 is 0 Å². The molecule has 0 spiro atoms. The number of likely N-dealkylation sites (tertiary alicyclic amines) is 1. The van der Waals surface area contributed by atoms with Gasteiger partial charge in [0.15, 0.2) is 0 Å². The van der Waals surface area contributed by atoms with Gasteiger partial charge in [0, 0.05) is 12.2 Å². The lowest BCUT2D eigenvalue weighted by atomic mass is 9.97. The van der Waals surface area contributed by atoms with Gasteiger partial charge in [-0.3, -0.25) is 10.00 Å². The molecule has 1 aromatic rings. The lowest BCUT2D eigenvalue weighted by Crippen LogP contribution is -2.35. The summed E-state index contributed by atoms with van der Waals surface area (Å²) in [6.07, 6.45) is 2.47. The molecular weight excluding hydrogens is 259 g/mol. The second-order valence-corrected chi connectivity index (χ2v) is 4.50. The van der Waals surface area contributed by atoms with E-state index in [4.69, 9.17) is 5.73 Å². The van der Waals surface area contributed by atoms with Crippen LogP contribution in [0.5, 0.6) is 0 Å². The van der Waals surface area contributed by atoms with Crippen LogP contribution in [0.3, 0.4) is 0 Å². The first-order valence-corrected chi connectivity index (χ1v) is 5.71. The van der Waals surface area contributed by atoms with Crippen molar-refractivity contribution in [1.29, 1.82) is 0 Å². The Morgan fingerprint density at radius 3 is 2.53 bits per heavy atom. The van der Waals surface area contributed by atoms with Crippen molar-refractivity contribution in [1.82, 2.24) is 15.1 Å². The fraction of sp³-hybridized carbons (Fsp3) is 0.727. The van der Waals surface area contributed by atoms with Gasteiger partial charge in [-0.2, -0.15) is 5.10 Å². The Hall–Kier alpha value is -0.290. The molecule has 0 atom stereocenters. The molecule has 0 aliphatic carbocycles. The van der Waals surface area contributed by atoms with Crippen LogP contribution in [-0.4, -0.2) is 34.7 Å². The average Bonchev–Trinajstić information content (AvgIpc) is 2.65. The van der Waals surface area contributed by atoms with E-state index in [1.807, 2.05) is 6.92 Å². The van der Waals surface area contributed by atoms with Gasteiger partial charge in [-0.1, -0.05) is 0 Å². The van der Waals surface area contributed by atoms with Crippen molar-refractivity contribution in [3.8, 4) is 0 Å². The molecule has 0 saturated carbocycles. The van der Waals surface area contributed by atoms with Gasteiger partial charge in [0.1, 0.15) is 0 Å². The zero-order valence-electron chi connectivity index (χ0n) is 10.2. The molecule has 0 bridgehead atoms. The van der Waals surface area contributed by atoms with Gasteiger partial charge in [0.25, 0.3) is 0 Å². The molecule has 1 saturated heterocycles. The maximum Gasteiger partial charge on any atom is 0.0765 e. The van der Waals surface area contributed by atoms with Crippen molar-refractivity contribution in [2.75, 3.05) is 19.6 Å². The number of hydrogen-bond acceptors (Lipinski definition) is 3. The van der Waals surface area contributed by atoms with E-state index in [9.17, 15) is 0 Å². The molecular formula is C11H22Cl2N4. The smallest absolute Gasteiger partial charge is 0.0765 e. The second kappa shape index (κ2) is 7.93. The van der Waals surface area contributed by atoms with Crippen LogP contribution in [0.25, 0.3) is 0 Å². The van der Waals surface area contributed by atoms with Crippen LogP contribution in [0.4, 0.5) is 0 Å². The van der Waals surface area contributed by atoms with E-state index in [2.05, 4.69) is 21.2 Å². The number of rotatable bonds is 3. The van der Waals surface area contributed by atoms with Gasteiger partial charge in [0.2, 0.25) is 0 Å². The van der Waals surface area contributed by atoms with Crippen LogP contribution in [0.2, 0.25) is 0 Å². The van der Waals surface area contributed by atoms with E-state index in [0.717, 1.165) is 43.5 Å². The number of H-pyrrole nitrogens is 1. The number of nitrogens with zero attached hydrogens (tertiary/aromatic N) is 2. The highest BCUT2D eigenvalue weighted by molar-refractivity contribution is 5.85. The maximum absolute atomic E-state index is 5.67. The molecule has 6 heteroatoms. The van der Waals surface area contributed by atoms with Gasteiger partial charge >= 0.3 is 0 Å². The first kappa shape index (κ1) is 16.7. The Morgan fingerprint density at radius 2 is 2.06 bits per heavy atom. The predicted octanol–water partition coefficient (Wildman–Crippen LogP) is 1.73. The van der Waals surface area contributed by atoms with Gasteiger partial charge in [0.05, 0.1) is 5.69 Å². The number of nitrogens with one attached hydrogen (secondary N) is 1. The fourth-order valence-corrected chi connectivity index (χ4v) is 2.16. The van der Waals surface area contributed by atoms with E-state index in [1.165, 1.54) is 12.8 Å². The standard InChI is InChI=1S/C11H20N4.2ClH/c1-9-6-11(14-13-9)8-15-4-2-10(7-12)3-5-15;;/h6,10H,2-5,7-8,12H2,1H3,(H,13,14);2*1H. The molecule has 0 amide bonds. The summed E-state index contributed by atoms with van der Waals surface area (Å²) in [5.74, 6) is 0.738. The van der Waals surface area contributed by atoms with Crippen LogP contribution in [0, 0.1) is 12.8 Å². The fourth-order valence-electron chi connectivity index (χ4n) is 2.16. The summed E-state index contributed by atoms with van der Waals surface area (Å²) < 4.78 is 0. The first-order chi connectivity index (χ1) is 7.28. The third kappa shape index (κ3) is 4.84. The summed E-state index contributed by atoms with van der Waals surface area (Å²) in [5.41, 5.74) is 7.96. The summed E-state index contributed by atoms with van der Waals surface area (Å²) in [5, 5.41) is 7.24. The van der Waals surface area contributed by atoms with E-state index >= 15 is 0 Å². The van der Waals surface area contributed by atoms with Gasteiger partial charge in [-0.15, -0.1) is 24.8 Å². The predicted molar refractivity (Wildman–Crippen MR) is 74.9 cm³/mol. The summed E-state index contributed by atoms with van der Waals surface area (Å²) in [6, 6.07) is 2.12. The van der Waals surface area contributed by atoms with Crippen molar-refractivity contribution in [3.05, 3.63) is 17.5 Å². The molecule has 3 N–H and O–H groups in total. The van der Waals surface area contributed by atoms with E-state index in [1.54, 1.807) is 0 Å². The molecule has 1 aliphatic rings. The van der Waals surface area contributed by atoms with Crippen LogP contribution in [0.15, 0.2) is 6.07 Å². The average molecular weight is 281 g/mol. The molecule has 1 aliphatic heterocycles. The normalized spacial score (nSPS) is 17.3. The summed E-state index contributed by atoms with van der Waals surface area (Å²) in [7, 11) is 0. The Balaban J connectivity index is 0.00000128. The zero-order chi connectivity index (χ0) is 10.7. The van der Waals surface area contributed by atoms with Crippen LogP contribution in [-0.2, 0) is 6.54 Å². The molecule has 17 heavy (non-hydrogen) atoms. The molecule has 100 valence electrons. The number of aromatic nitrogens is 2. The summed E-state index contributed by atoms with van der Waals surface area (Å²) >= 11 is 0. The highest BCUT2D eigenvalue weighted by atomic mass is 35.5. The van der Waals surface area contributed by atoms with Crippen molar-refractivity contribution in [2.24, 2.45) is 11.7 Å². The Morgan fingerprint density at radius 1 is 1.41 bits per heavy atom. The minimum Gasteiger partial charge on any atom is -0.330 e. The topological polar surface area (TPSA) is 57.9 Å². The highest BCUT2D eigenvalue weighted by Gasteiger charge is 2.18. The SMILES string of the molecule is Cc1cc(CN2CCC(CN)CC2)n[nH]1.Cl.Cl. The minimum absolute atomic E-state index is 0. The Kier molecular flexibility index (Phi) is 7.79. The molecule has 2 rings (SSSR count). The van der Waals surface area contributed by atoms with Crippen molar-refractivity contribution in [2.45, 2.75) is 26.3 Å².